The van der Waals surface area contributed by atoms with Crippen LogP contribution in [0.1, 0.15) is 89.2 Å². The second kappa shape index (κ2) is 9.55. The van der Waals surface area contributed by atoms with Crippen LogP contribution in [0.15, 0.2) is 59.7 Å². The third-order valence-electron chi connectivity index (χ3n) is 11.5. The molecule has 3 fully saturated rings. The van der Waals surface area contributed by atoms with Gasteiger partial charge in [0.25, 0.3) is 0 Å². The van der Waals surface area contributed by atoms with Gasteiger partial charge in [-0.25, -0.2) is 0 Å². The lowest BCUT2D eigenvalue weighted by Crippen LogP contribution is -2.52. The second-order valence-corrected chi connectivity index (χ2v) is 14.5. The van der Waals surface area contributed by atoms with Crippen molar-refractivity contribution in [2.24, 2.45) is 28.6 Å². The van der Waals surface area contributed by atoms with Crippen molar-refractivity contribution in [2.75, 3.05) is 13.2 Å². The SMILES string of the molecule is CC1(C)COC2(CCC3=C(CCC4C3[C@@H](c3ccc(-c5ccc(C#N)cc5)cc3)C[C@@]3(C)C4CC[C@@H]3O)C2)OC1. The van der Waals surface area contributed by atoms with Crippen molar-refractivity contribution >= 4 is 0 Å². The molecule has 0 amide bonds. The van der Waals surface area contributed by atoms with Gasteiger partial charge in [0.2, 0.25) is 0 Å². The molecule has 4 heteroatoms. The minimum absolute atomic E-state index is 0.00718. The molecule has 1 N–H and O–H groups in total. The molecule has 5 aliphatic rings. The summed E-state index contributed by atoms with van der Waals surface area (Å²) < 4.78 is 13.0. The Hall–Kier alpha value is -2.45. The Morgan fingerprint density at radius 1 is 0.875 bits per heavy atom. The molecule has 2 aromatic carbocycles. The van der Waals surface area contributed by atoms with Gasteiger partial charge in [0.05, 0.1) is 31.0 Å². The standard InChI is InChI=1S/C36H43NO3/c1-34(2)21-39-36(40-22-34)17-16-28-27(18-36)12-13-29-31-14-15-32(38)35(31,3)19-30(33(28)29)26-10-8-25(9-11-26)24-6-4-23(20-37)5-7-24/h4-11,29-33,38H,12-19,21-22H2,1-3H3/t29?,30-,31?,32+,33?,35+/m1/s1. The van der Waals surface area contributed by atoms with Crippen LogP contribution < -0.4 is 0 Å². The fourth-order valence-corrected chi connectivity index (χ4v) is 9.26. The van der Waals surface area contributed by atoms with E-state index in [1.165, 1.54) is 17.5 Å². The summed E-state index contributed by atoms with van der Waals surface area (Å²) in [6.45, 7) is 8.38. The number of fused-ring (bicyclic) bond motifs is 4. The molecule has 7 rings (SSSR count). The van der Waals surface area contributed by atoms with Gasteiger partial charge >= 0.3 is 0 Å². The van der Waals surface area contributed by atoms with E-state index in [4.69, 9.17) is 14.7 Å². The van der Waals surface area contributed by atoms with Gasteiger partial charge in [-0.05, 0) is 96.4 Å². The third kappa shape index (κ3) is 4.28. The molecule has 1 saturated heterocycles. The van der Waals surface area contributed by atoms with Gasteiger partial charge < -0.3 is 14.6 Å². The van der Waals surface area contributed by atoms with Crippen molar-refractivity contribution in [3.8, 4) is 17.2 Å². The van der Waals surface area contributed by atoms with E-state index in [9.17, 15) is 5.11 Å². The highest BCUT2D eigenvalue weighted by Gasteiger charge is 2.59. The Morgan fingerprint density at radius 2 is 1.55 bits per heavy atom. The first-order valence-electron chi connectivity index (χ1n) is 15.5. The molecule has 4 aliphatic carbocycles. The molecular weight excluding hydrogens is 494 g/mol. The van der Waals surface area contributed by atoms with E-state index in [-0.39, 0.29) is 16.9 Å². The summed E-state index contributed by atoms with van der Waals surface area (Å²) in [4.78, 5) is 0. The van der Waals surface area contributed by atoms with Crippen LogP contribution in [0.3, 0.4) is 0 Å². The van der Waals surface area contributed by atoms with Gasteiger partial charge in [-0.2, -0.15) is 5.26 Å². The number of hydrogen-bond acceptors (Lipinski definition) is 4. The summed E-state index contributed by atoms with van der Waals surface area (Å²) in [5.41, 5.74) is 7.81. The molecule has 3 unspecified atom stereocenters. The van der Waals surface area contributed by atoms with Crippen molar-refractivity contribution in [2.45, 2.75) is 89.9 Å². The zero-order chi connectivity index (χ0) is 27.7. The minimum Gasteiger partial charge on any atom is -0.393 e. The number of hydrogen-bond donors (Lipinski definition) is 1. The van der Waals surface area contributed by atoms with E-state index in [0.29, 0.717) is 29.2 Å². The summed E-state index contributed by atoms with van der Waals surface area (Å²) in [6.07, 6.45) is 8.30. The van der Waals surface area contributed by atoms with Crippen molar-refractivity contribution in [3.63, 3.8) is 0 Å². The summed E-state index contributed by atoms with van der Waals surface area (Å²) in [6, 6.07) is 19.3. The molecule has 1 aliphatic heterocycles. The molecule has 210 valence electrons. The van der Waals surface area contributed by atoms with Gasteiger partial charge in [-0.15, -0.1) is 0 Å². The Morgan fingerprint density at radius 3 is 2.23 bits per heavy atom. The number of rotatable bonds is 2. The van der Waals surface area contributed by atoms with Gasteiger partial charge in [-0.3, -0.25) is 0 Å². The van der Waals surface area contributed by atoms with Crippen LogP contribution in [0.2, 0.25) is 0 Å². The smallest absolute Gasteiger partial charge is 0.172 e. The lowest BCUT2D eigenvalue weighted by Gasteiger charge is -2.56. The fourth-order valence-electron chi connectivity index (χ4n) is 9.26. The van der Waals surface area contributed by atoms with E-state index in [1.54, 1.807) is 11.1 Å². The normalized spacial score (nSPS) is 35.9. The van der Waals surface area contributed by atoms with E-state index >= 15 is 0 Å². The minimum atomic E-state index is -0.424. The van der Waals surface area contributed by atoms with Crippen LogP contribution in [0.4, 0.5) is 0 Å². The predicted octanol–water partition coefficient (Wildman–Crippen LogP) is 7.77. The highest BCUT2D eigenvalue weighted by molar-refractivity contribution is 5.64. The lowest BCUT2D eigenvalue weighted by molar-refractivity contribution is -0.303. The number of ether oxygens (including phenoxy) is 2. The zero-order valence-corrected chi connectivity index (χ0v) is 24.3. The van der Waals surface area contributed by atoms with Gasteiger partial charge in [0.1, 0.15) is 0 Å². The summed E-state index contributed by atoms with van der Waals surface area (Å²) >= 11 is 0. The third-order valence-corrected chi connectivity index (χ3v) is 11.5. The van der Waals surface area contributed by atoms with E-state index < -0.39 is 5.79 Å². The Kier molecular flexibility index (Phi) is 6.31. The predicted molar refractivity (Wildman–Crippen MR) is 156 cm³/mol. The first kappa shape index (κ1) is 26.4. The maximum Gasteiger partial charge on any atom is 0.172 e. The summed E-state index contributed by atoms with van der Waals surface area (Å²) in [5, 5.41) is 20.4. The number of nitriles is 1. The molecule has 2 aromatic rings. The van der Waals surface area contributed by atoms with Crippen LogP contribution in [0.5, 0.6) is 0 Å². The highest BCUT2D eigenvalue weighted by atomic mass is 16.7. The van der Waals surface area contributed by atoms with Crippen LogP contribution in [0, 0.1) is 39.9 Å². The molecule has 0 radical (unpaired) electrons. The van der Waals surface area contributed by atoms with Crippen LogP contribution >= 0.6 is 0 Å². The van der Waals surface area contributed by atoms with E-state index in [0.717, 1.165) is 63.7 Å². The molecule has 40 heavy (non-hydrogen) atoms. The number of benzene rings is 2. The van der Waals surface area contributed by atoms with Crippen LogP contribution in [-0.4, -0.2) is 30.2 Å². The average molecular weight is 538 g/mol. The van der Waals surface area contributed by atoms with Gasteiger partial charge in [-0.1, -0.05) is 68.3 Å². The average Bonchev–Trinajstić information content (AvgIpc) is 3.28. The Balaban J connectivity index is 1.22. The molecular formula is C36H43NO3. The zero-order valence-electron chi connectivity index (χ0n) is 24.3. The van der Waals surface area contributed by atoms with Crippen LogP contribution in [-0.2, 0) is 9.47 Å². The van der Waals surface area contributed by atoms with E-state index in [1.807, 2.05) is 24.3 Å². The maximum atomic E-state index is 11.2. The first-order chi connectivity index (χ1) is 19.2. The fraction of sp³-hybridized carbons (Fsp3) is 0.583. The van der Waals surface area contributed by atoms with E-state index in [2.05, 4.69) is 51.1 Å². The molecule has 2 saturated carbocycles. The highest BCUT2D eigenvalue weighted by Crippen LogP contribution is 2.65. The number of allylic oxidation sites excluding steroid dienone is 1. The lowest BCUT2D eigenvalue weighted by atomic mass is 9.49. The maximum absolute atomic E-state index is 11.2. The molecule has 6 atom stereocenters. The largest absolute Gasteiger partial charge is 0.393 e. The quantitative estimate of drug-likeness (QED) is 0.398. The van der Waals surface area contributed by atoms with Crippen molar-refractivity contribution in [3.05, 3.63) is 70.8 Å². The second-order valence-electron chi connectivity index (χ2n) is 14.5. The summed E-state index contributed by atoms with van der Waals surface area (Å²) in [7, 11) is 0. The molecule has 0 bridgehead atoms. The summed E-state index contributed by atoms with van der Waals surface area (Å²) in [5.74, 6) is 1.78. The van der Waals surface area contributed by atoms with Crippen molar-refractivity contribution in [1.29, 1.82) is 5.26 Å². The van der Waals surface area contributed by atoms with Crippen molar-refractivity contribution in [1.82, 2.24) is 0 Å². The molecule has 0 aromatic heterocycles. The van der Waals surface area contributed by atoms with Gasteiger partial charge in [0, 0.05) is 18.3 Å². The molecule has 4 nitrogen and oxygen atoms in total. The number of nitrogens with zero attached hydrogens (tertiary/aromatic N) is 1. The number of aliphatic hydroxyl groups excluding tert-OH is 1. The van der Waals surface area contributed by atoms with Gasteiger partial charge in [0.15, 0.2) is 5.79 Å². The topological polar surface area (TPSA) is 62.5 Å². The molecule has 1 spiro atoms. The first-order valence-corrected chi connectivity index (χ1v) is 15.5. The Bertz CT molecular complexity index is 1340. The number of aliphatic hydroxyl groups is 1. The molecule has 1 heterocycles. The monoisotopic (exact) mass is 537 g/mol. The van der Waals surface area contributed by atoms with Crippen LogP contribution in [0.25, 0.3) is 11.1 Å². The Labute approximate surface area is 239 Å². The van der Waals surface area contributed by atoms with Crippen molar-refractivity contribution < 1.29 is 14.6 Å².